The van der Waals surface area contributed by atoms with Crippen molar-refractivity contribution in [2.45, 2.75) is 26.7 Å². The number of aromatic hydroxyl groups is 2. The van der Waals surface area contributed by atoms with Crippen LogP contribution in [-0.2, 0) is 0 Å². The van der Waals surface area contributed by atoms with Gasteiger partial charge >= 0.3 is 0 Å². The normalized spacial score (nSPS) is 11.4. The second-order valence-electron chi connectivity index (χ2n) is 5.27. The van der Waals surface area contributed by atoms with Crippen LogP contribution in [0.3, 0.4) is 0 Å². The zero-order valence-electron chi connectivity index (χ0n) is 12.1. The van der Waals surface area contributed by atoms with Gasteiger partial charge < -0.3 is 10.2 Å². The van der Waals surface area contributed by atoms with Gasteiger partial charge in [0, 0.05) is 5.56 Å². The lowest BCUT2D eigenvalue weighted by molar-refractivity contribution is 0.430. The molecule has 2 nitrogen and oxygen atoms in total. The number of phenolic OH excluding ortho intramolecular Hbond substituents is 2. The largest absolute Gasteiger partial charge is 0.507 e. The highest BCUT2D eigenvalue weighted by atomic mass is 16.3. The lowest BCUT2D eigenvalue weighted by Gasteiger charge is -2.15. The summed E-state index contributed by atoms with van der Waals surface area (Å²) in [4.78, 5) is 0. The van der Waals surface area contributed by atoms with Crippen molar-refractivity contribution in [3.63, 3.8) is 0 Å². The number of benzene rings is 2. The molecular weight excluding hydrogens is 248 g/mol. The molecule has 0 aliphatic carbocycles. The summed E-state index contributed by atoms with van der Waals surface area (Å²) in [6, 6.07) is 11.6. The maximum atomic E-state index is 10.2. The van der Waals surface area contributed by atoms with E-state index in [1.807, 2.05) is 63.3 Å². The van der Waals surface area contributed by atoms with Crippen molar-refractivity contribution < 1.29 is 10.2 Å². The Hall–Kier alpha value is -2.22. The molecule has 0 heterocycles. The summed E-state index contributed by atoms with van der Waals surface area (Å²) in [6.07, 6.45) is 3.88. The van der Waals surface area contributed by atoms with Crippen molar-refractivity contribution in [1.29, 1.82) is 0 Å². The monoisotopic (exact) mass is 268 g/mol. The highest BCUT2D eigenvalue weighted by Gasteiger charge is 2.15. The van der Waals surface area contributed by atoms with E-state index in [9.17, 15) is 10.2 Å². The van der Waals surface area contributed by atoms with Gasteiger partial charge in [-0.2, -0.15) is 0 Å². The molecule has 0 atom stereocenters. The zero-order chi connectivity index (χ0) is 14.7. The van der Waals surface area contributed by atoms with Crippen LogP contribution in [0.2, 0.25) is 0 Å². The number of rotatable bonds is 3. The van der Waals surface area contributed by atoms with Crippen LogP contribution in [-0.4, -0.2) is 10.2 Å². The van der Waals surface area contributed by atoms with Crippen molar-refractivity contribution in [3.8, 4) is 11.5 Å². The maximum absolute atomic E-state index is 10.2. The lowest BCUT2D eigenvalue weighted by atomic mass is 9.94. The van der Waals surface area contributed by atoms with Crippen LogP contribution in [0.4, 0.5) is 0 Å². The van der Waals surface area contributed by atoms with Crippen LogP contribution in [0.15, 0.2) is 36.4 Å². The first kappa shape index (κ1) is 14.2. The molecule has 0 unspecified atom stereocenters. The minimum Gasteiger partial charge on any atom is -0.507 e. The Morgan fingerprint density at radius 3 is 2.25 bits per heavy atom. The summed E-state index contributed by atoms with van der Waals surface area (Å²) in [6.45, 7) is 5.77. The quantitative estimate of drug-likeness (QED) is 0.792. The molecule has 0 aliphatic heterocycles. The predicted octanol–water partition coefficient (Wildman–Crippen LogP) is 4.70. The maximum Gasteiger partial charge on any atom is 0.126 e. The third-order valence-electron chi connectivity index (χ3n) is 3.44. The summed E-state index contributed by atoms with van der Waals surface area (Å²) in [5.74, 6) is 0.421. The van der Waals surface area contributed by atoms with Crippen molar-refractivity contribution in [2.24, 2.45) is 0 Å². The van der Waals surface area contributed by atoms with Crippen LogP contribution in [0.1, 0.15) is 42.0 Å². The fourth-order valence-corrected chi connectivity index (χ4v) is 2.29. The highest BCUT2D eigenvalue weighted by molar-refractivity contribution is 5.74. The Balaban J connectivity index is 2.42. The van der Waals surface area contributed by atoms with Gasteiger partial charge in [0.05, 0.1) is 0 Å². The molecule has 0 bridgehead atoms. The van der Waals surface area contributed by atoms with Gasteiger partial charge in [0.2, 0.25) is 0 Å². The van der Waals surface area contributed by atoms with Crippen LogP contribution >= 0.6 is 0 Å². The van der Waals surface area contributed by atoms with E-state index in [1.54, 1.807) is 6.07 Å². The molecule has 0 fully saturated rings. The first-order valence-electron chi connectivity index (χ1n) is 6.79. The summed E-state index contributed by atoms with van der Waals surface area (Å²) in [5, 5.41) is 20.3. The van der Waals surface area contributed by atoms with Gasteiger partial charge in [-0.15, -0.1) is 0 Å². The SMILES string of the molecule is Cc1c(/C=C/c2ccccc2)cc(O)c(C(C)C)c1O. The molecule has 2 rings (SSSR count). The van der Waals surface area contributed by atoms with Gasteiger partial charge in [0.25, 0.3) is 0 Å². The van der Waals surface area contributed by atoms with Crippen molar-refractivity contribution in [3.05, 3.63) is 58.7 Å². The molecule has 0 saturated heterocycles. The van der Waals surface area contributed by atoms with Gasteiger partial charge in [0.15, 0.2) is 0 Å². The van der Waals surface area contributed by atoms with Gasteiger partial charge in [0.1, 0.15) is 11.5 Å². The fourth-order valence-electron chi connectivity index (χ4n) is 2.29. The molecule has 0 spiro atoms. The number of hydrogen-bond donors (Lipinski definition) is 2. The fraction of sp³-hybridized carbons (Fsp3) is 0.222. The van der Waals surface area contributed by atoms with E-state index < -0.39 is 0 Å². The molecule has 0 amide bonds. The molecule has 2 aromatic rings. The average molecular weight is 268 g/mol. The topological polar surface area (TPSA) is 40.5 Å². The van der Waals surface area contributed by atoms with Gasteiger partial charge in [-0.3, -0.25) is 0 Å². The van der Waals surface area contributed by atoms with E-state index in [-0.39, 0.29) is 17.4 Å². The lowest BCUT2D eigenvalue weighted by Crippen LogP contribution is -1.94. The summed E-state index contributed by atoms with van der Waals surface area (Å²) >= 11 is 0. The molecule has 2 aromatic carbocycles. The van der Waals surface area contributed by atoms with Crippen molar-refractivity contribution in [2.75, 3.05) is 0 Å². The van der Waals surface area contributed by atoms with E-state index in [4.69, 9.17) is 0 Å². The van der Waals surface area contributed by atoms with Gasteiger partial charge in [-0.1, -0.05) is 56.3 Å². The Labute approximate surface area is 120 Å². The first-order valence-corrected chi connectivity index (χ1v) is 6.79. The van der Waals surface area contributed by atoms with E-state index >= 15 is 0 Å². The Kier molecular flexibility index (Phi) is 4.14. The molecular formula is C18H20O2. The molecule has 2 N–H and O–H groups in total. The smallest absolute Gasteiger partial charge is 0.126 e. The molecule has 2 heteroatoms. The third kappa shape index (κ3) is 2.85. The number of hydrogen-bond acceptors (Lipinski definition) is 2. The van der Waals surface area contributed by atoms with Crippen LogP contribution in [0, 0.1) is 6.92 Å². The first-order chi connectivity index (χ1) is 9.50. The van der Waals surface area contributed by atoms with E-state index in [1.165, 1.54) is 0 Å². The van der Waals surface area contributed by atoms with Crippen molar-refractivity contribution in [1.82, 2.24) is 0 Å². The Bertz CT molecular complexity index is 626. The van der Waals surface area contributed by atoms with Crippen LogP contribution in [0.5, 0.6) is 11.5 Å². The van der Waals surface area contributed by atoms with E-state index in [0.717, 1.165) is 16.7 Å². The minimum atomic E-state index is 0.0841. The second kappa shape index (κ2) is 5.83. The summed E-state index contributed by atoms with van der Waals surface area (Å²) in [7, 11) is 0. The standard InChI is InChI=1S/C18H20O2/c1-12(2)17-16(19)11-15(13(3)18(17)20)10-9-14-7-5-4-6-8-14/h4-12,19-20H,1-3H3/b10-9+. The summed E-state index contributed by atoms with van der Waals surface area (Å²) in [5.41, 5.74) is 3.31. The number of phenols is 2. The third-order valence-corrected chi connectivity index (χ3v) is 3.44. The molecule has 0 aliphatic rings. The summed E-state index contributed by atoms with van der Waals surface area (Å²) < 4.78 is 0. The van der Waals surface area contributed by atoms with Crippen LogP contribution in [0.25, 0.3) is 12.2 Å². The molecule has 104 valence electrons. The van der Waals surface area contributed by atoms with E-state index in [0.29, 0.717) is 5.56 Å². The Morgan fingerprint density at radius 2 is 1.65 bits per heavy atom. The van der Waals surface area contributed by atoms with Crippen molar-refractivity contribution >= 4 is 12.2 Å². The average Bonchev–Trinajstić information content (AvgIpc) is 2.42. The van der Waals surface area contributed by atoms with E-state index in [2.05, 4.69) is 0 Å². The highest BCUT2D eigenvalue weighted by Crippen LogP contribution is 2.38. The molecule has 0 radical (unpaired) electrons. The predicted molar refractivity (Wildman–Crippen MR) is 84.0 cm³/mol. The minimum absolute atomic E-state index is 0.0841. The second-order valence-corrected chi connectivity index (χ2v) is 5.27. The Morgan fingerprint density at radius 1 is 1.00 bits per heavy atom. The van der Waals surface area contributed by atoms with Gasteiger partial charge in [-0.25, -0.2) is 0 Å². The molecule has 20 heavy (non-hydrogen) atoms. The van der Waals surface area contributed by atoms with Gasteiger partial charge in [-0.05, 0) is 35.6 Å². The zero-order valence-corrected chi connectivity index (χ0v) is 12.1. The molecule has 0 aromatic heterocycles. The molecule has 0 saturated carbocycles. The van der Waals surface area contributed by atoms with Crippen LogP contribution < -0.4 is 0 Å².